The summed E-state index contributed by atoms with van der Waals surface area (Å²) in [6, 6.07) is 2.82. The third kappa shape index (κ3) is 5.62. The van der Waals surface area contributed by atoms with Crippen LogP contribution >= 0.6 is 0 Å². The highest BCUT2D eigenvalue weighted by molar-refractivity contribution is 5.75. The van der Waals surface area contributed by atoms with Crippen molar-refractivity contribution < 1.29 is 30.3 Å². The molecule has 1 heterocycles. The summed E-state index contributed by atoms with van der Waals surface area (Å²) in [7, 11) is 1.42. The Morgan fingerprint density at radius 1 is 1.08 bits per heavy atom. The summed E-state index contributed by atoms with van der Waals surface area (Å²) < 4.78 is 1.65. The van der Waals surface area contributed by atoms with Crippen molar-refractivity contribution in [3.8, 4) is 0 Å². The topological polar surface area (TPSA) is 143 Å². The first kappa shape index (κ1) is 21.3. The molecule has 0 spiro atoms. The molecule has 0 fully saturated rings. The zero-order chi connectivity index (χ0) is 19.3. The van der Waals surface area contributed by atoms with Gasteiger partial charge in [-0.25, -0.2) is 0 Å². The molecule has 1 aromatic heterocycles. The molecule has 142 valence electrons. The van der Waals surface area contributed by atoms with Crippen LogP contribution in [0.4, 0.5) is 0 Å². The number of aliphatic hydroxyl groups excluding tert-OH is 5. The molecule has 4 unspecified atom stereocenters. The highest BCUT2D eigenvalue weighted by Gasteiger charge is 2.31. The molecular weight excluding hydrogens is 332 g/mol. The molecule has 9 heteroatoms. The average Bonchev–Trinajstić information content (AvgIpc) is 2.55. The number of carbonyl (C=O) groups excluding carboxylic acids is 1. The third-order valence-electron chi connectivity index (χ3n) is 4.06. The smallest absolute Gasteiger partial charge is 0.242 e. The van der Waals surface area contributed by atoms with Gasteiger partial charge in [-0.1, -0.05) is 0 Å². The van der Waals surface area contributed by atoms with Crippen LogP contribution in [0, 0.1) is 13.8 Å². The summed E-state index contributed by atoms with van der Waals surface area (Å²) in [6.07, 6.45) is -6.58. The molecule has 0 saturated heterocycles. The van der Waals surface area contributed by atoms with E-state index in [1.165, 1.54) is 24.1 Å². The number of carbonyl (C=O) groups is 1. The van der Waals surface area contributed by atoms with E-state index in [2.05, 4.69) is 0 Å². The summed E-state index contributed by atoms with van der Waals surface area (Å²) in [4.78, 5) is 24.9. The molecule has 9 nitrogen and oxygen atoms in total. The number of rotatable bonds is 8. The van der Waals surface area contributed by atoms with Crippen LogP contribution in [0.3, 0.4) is 0 Å². The summed E-state index contributed by atoms with van der Waals surface area (Å²) in [6.45, 7) is 2.29. The maximum atomic E-state index is 12.3. The normalized spacial score (nSPS) is 16.2. The van der Waals surface area contributed by atoms with Gasteiger partial charge >= 0.3 is 0 Å². The van der Waals surface area contributed by atoms with E-state index in [0.717, 1.165) is 0 Å². The van der Waals surface area contributed by atoms with Gasteiger partial charge in [-0.05, 0) is 13.8 Å². The Labute approximate surface area is 145 Å². The van der Waals surface area contributed by atoms with Crippen molar-refractivity contribution in [1.29, 1.82) is 0 Å². The molecule has 4 atom stereocenters. The van der Waals surface area contributed by atoms with Gasteiger partial charge in [0.05, 0.1) is 6.61 Å². The Morgan fingerprint density at radius 2 is 1.56 bits per heavy atom. The van der Waals surface area contributed by atoms with E-state index in [1.54, 1.807) is 18.4 Å². The van der Waals surface area contributed by atoms with Crippen molar-refractivity contribution >= 4 is 5.91 Å². The minimum absolute atomic E-state index is 0.0565. The van der Waals surface area contributed by atoms with Gasteiger partial charge in [0.25, 0.3) is 0 Å². The zero-order valence-corrected chi connectivity index (χ0v) is 14.5. The molecule has 25 heavy (non-hydrogen) atoms. The fourth-order valence-corrected chi connectivity index (χ4v) is 2.45. The Kier molecular flexibility index (Phi) is 7.71. The van der Waals surface area contributed by atoms with Crippen molar-refractivity contribution in [2.45, 2.75) is 44.8 Å². The average molecular weight is 358 g/mol. The number of amides is 1. The molecule has 0 aliphatic rings. The van der Waals surface area contributed by atoms with Crippen LogP contribution < -0.4 is 5.43 Å². The molecular formula is C16H26N2O7. The van der Waals surface area contributed by atoms with E-state index >= 15 is 0 Å². The molecule has 0 saturated carbocycles. The van der Waals surface area contributed by atoms with Gasteiger partial charge < -0.3 is 35.0 Å². The lowest BCUT2D eigenvalue weighted by atomic mass is 10.0. The SMILES string of the molecule is Cc1cc(=O)cc(C)n1CC(=O)N(C)CC(O)C(O)C(O)C(O)CO. The maximum absolute atomic E-state index is 12.3. The lowest BCUT2D eigenvalue weighted by molar-refractivity contribution is -0.138. The van der Waals surface area contributed by atoms with Crippen LogP contribution in [0.5, 0.6) is 0 Å². The van der Waals surface area contributed by atoms with Crippen LogP contribution in [-0.2, 0) is 11.3 Å². The number of aliphatic hydroxyl groups is 5. The van der Waals surface area contributed by atoms with Gasteiger partial charge in [-0.2, -0.15) is 0 Å². The van der Waals surface area contributed by atoms with E-state index < -0.39 is 31.0 Å². The first-order chi connectivity index (χ1) is 11.6. The van der Waals surface area contributed by atoms with Crippen molar-refractivity contribution in [3.05, 3.63) is 33.7 Å². The van der Waals surface area contributed by atoms with Crippen LogP contribution in [0.25, 0.3) is 0 Å². The number of aryl methyl sites for hydroxylation is 2. The lowest BCUT2D eigenvalue weighted by Crippen LogP contribution is -2.50. The van der Waals surface area contributed by atoms with Gasteiger partial charge in [-0.15, -0.1) is 0 Å². The number of nitrogens with zero attached hydrogens (tertiary/aromatic N) is 2. The predicted octanol–water partition coefficient (Wildman–Crippen LogP) is -2.64. The molecule has 1 rings (SSSR count). The molecule has 0 radical (unpaired) electrons. The Morgan fingerprint density at radius 3 is 2.04 bits per heavy atom. The van der Waals surface area contributed by atoms with Gasteiger partial charge in [0.2, 0.25) is 5.91 Å². The Balaban J connectivity index is 2.73. The Hall–Kier alpha value is -1.78. The van der Waals surface area contributed by atoms with Crippen molar-refractivity contribution in [2.75, 3.05) is 20.2 Å². The van der Waals surface area contributed by atoms with Gasteiger partial charge in [0, 0.05) is 37.1 Å². The quantitative estimate of drug-likeness (QED) is 0.342. The summed E-state index contributed by atoms with van der Waals surface area (Å²) in [5.41, 5.74) is 1.09. The standard InChI is InChI=1S/C16H26N2O7/c1-9-4-11(20)5-10(2)18(9)7-14(23)17(3)6-12(21)15(24)16(25)13(22)8-19/h4-5,12-13,15-16,19,21-22,24-25H,6-8H2,1-3H3. The van der Waals surface area contributed by atoms with Crippen LogP contribution in [0.2, 0.25) is 0 Å². The van der Waals surface area contributed by atoms with Gasteiger partial charge in [0.15, 0.2) is 5.43 Å². The molecule has 0 aliphatic carbocycles. The van der Waals surface area contributed by atoms with Crippen LogP contribution in [-0.4, -0.2) is 85.5 Å². The highest BCUT2D eigenvalue weighted by Crippen LogP contribution is 2.08. The van der Waals surface area contributed by atoms with Gasteiger partial charge in [0.1, 0.15) is 31.0 Å². The second kappa shape index (κ2) is 9.07. The van der Waals surface area contributed by atoms with Crippen molar-refractivity contribution in [3.63, 3.8) is 0 Å². The number of hydrogen-bond acceptors (Lipinski definition) is 7. The zero-order valence-electron chi connectivity index (χ0n) is 14.5. The lowest BCUT2D eigenvalue weighted by Gasteiger charge is -2.29. The van der Waals surface area contributed by atoms with Crippen LogP contribution in [0.15, 0.2) is 16.9 Å². The number of likely N-dealkylation sites (N-methyl/N-ethyl adjacent to an activating group) is 1. The highest BCUT2D eigenvalue weighted by atomic mass is 16.4. The van der Waals surface area contributed by atoms with Gasteiger partial charge in [-0.3, -0.25) is 9.59 Å². The summed E-state index contributed by atoms with van der Waals surface area (Å²) >= 11 is 0. The molecule has 0 bridgehead atoms. The van der Waals surface area contributed by atoms with E-state index in [9.17, 15) is 30.0 Å². The monoisotopic (exact) mass is 358 g/mol. The number of hydrogen-bond donors (Lipinski definition) is 5. The Bertz CT molecular complexity index is 620. The second-order valence-corrected chi connectivity index (χ2v) is 6.13. The minimum Gasteiger partial charge on any atom is -0.394 e. The molecule has 0 aliphatic heterocycles. The summed E-state index contributed by atoms with van der Waals surface area (Å²) in [5.74, 6) is -0.377. The van der Waals surface area contributed by atoms with E-state index in [4.69, 9.17) is 5.11 Å². The molecule has 1 aromatic rings. The minimum atomic E-state index is -1.74. The van der Waals surface area contributed by atoms with E-state index in [0.29, 0.717) is 11.4 Å². The van der Waals surface area contributed by atoms with Crippen molar-refractivity contribution in [1.82, 2.24) is 9.47 Å². The second-order valence-electron chi connectivity index (χ2n) is 6.13. The van der Waals surface area contributed by atoms with Crippen LogP contribution in [0.1, 0.15) is 11.4 Å². The molecule has 1 amide bonds. The number of aromatic nitrogens is 1. The first-order valence-electron chi connectivity index (χ1n) is 7.83. The van der Waals surface area contributed by atoms with E-state index in [-0.39, 0.29) is 24.4 Å². The molecule has 0 aromatic carbocycles. The van der Waals surface area contributed by atoms with E-state index in [1.807, 2.05) is 0 Å². The fourth-order valence-electron chi connectivity index (χ4n) is 2.45. The molecule has 5 N–H and O–H groups in total. The fraction of sp³-hybridized carbons (Fsp3) is 0.625. The van der Waals surface area contributed by atoms with Crippen molar-refractivity contribution in [2.24, 2.45) is 0 Å². The third-order valence-corrected chi connectivity index (χ3v) is 4.06. The maximum Gasteiger partial charge on any atom is 0.242 e. The predicted molar refractivity (Wildman–Crippen MR) is 88.9 cm³/mol. The first-order valence-corrected chi connectivity index (χ1v) is 7.83. The largest absolute Gasteiger partial charge is 0.394 e. The summed E-state index contributed by atoms with van der Waals surface area (Å²) in [5, 5.41) is 47.3. The number of pyridine rings is 1.